The molecule has 0 aliphatic heterocycles. The van der Waals surface area contributed by atoms with Gasteiger partial charge in [0.2, 0.25) is 0 Å². The number of aromatic amines is 1. The Kier molecular flexibility index (Phi) is 3.23. The first-order chi connectivity index (χ1) is 8.27. The highest BCUT2D eigenvalue weighted by Gasteiger charge is 2.20. The van der Waals surface area contributed by atoms with Crippen molar-refractivity contribution in [1.82, 2.24) is 10.2 Å². The van der Waals surface area contributed by atoms with Crippen molar-refractivity contribution in [2.45, 2.75) is 13.3 Å². The van der Waals surface area contributed by atoms with Crippen molar-refractivity contribution >= 4 is 5.97 Å². The average Bonchev–Trinajstić information content (AvgIpc) is 2.82. The van der Waals surface area contributed by atoms with Gasteiger partial charge < -0.3 is 4.74 Å². The molecule has 0 radical (unpaired) electrons. The lowest BCUT2D eigenvalue weighted by Crippen LogP contribution is -2.05. The number of aryl methyl sites for hydroxylation is 1. The highest BCUT2D eigenvalue weighted by atomic mass is 16.5. The number of hydrogen-bond acceptors (Lipinski definition) is 3. The lowest BCUT2D eigenvalue weighted by Gasteiger charge is -2.02. The van der Waals surface area contributed by atoms with E-state index >= 15 is 0 Å². The second-order valence-electron chi connectivity index (χ2n) is 3.64. The number of methoxy groups -OCH3 is 1. The van der Waals surface area contributed by atoms with Crippen LogP contribution in [0.3, 0.4) is 0 Å². The molecule has 4 heteroatoms. The number of ether oxygens (including phenoxy) is 1. The number of carbonyl (C=O) groups excluding carboxylic acids is 1. The predicted molar refractivity (Wildman–Crippen MR) is 64.7 cm³/mol. The minimum atomic E-state index is -0.352. The van der Waals surface area contributed by atoms with Gasteiger partial charge in [-0.3, -0.25) is 5.10 Å². The summed E-state index contributed by atoms with van der Waals surface area (Å²) in [5.41, 5.74) is 2.88. The molecule has 0 unspecified atom stereocenters. The molecule has 0 fully saturated rings. The van der Waals surface area contributed by atoms with Crippen LogP contribution in [0.15, 0.2) is 30.3 Å². The summed E-state index contributed by atoms with van der Waals surface area (Å²) < 4.78 is 4.80. The maximum Gasteiger partial charge on any atom is 0.342 e. The summed E-state index contributed by atoms with van der Waals surface area (Å²) in [6.45, 7) is 1.97. The minimum Gasteiger partial charge on any atom is -0.465 e. The van der Waals surface area contributed by atoms with Crippen LogP contribution in [0.5, 0.6) is 0 Å². The zero-order valence-electron chi connectivity index (χ0n) is 9.86. The van der Waals surface area contributed by atoms with E-state index in [0.29, 0.717) is 17.7 Å². The molecule has 1 aromatic carbocycles. The third kappa shape index (κ3) is 2.06. The van der Waals surface area contributed by atoms with Crippen molar-refractivity contribution in [2.75, 3.05) is 7.11 Å². The number of benzene rings is 1. The Hall–Kier alpha value is -2.10. The smallest absolute Gasteiger partial charge is 0.342 e. The highest BCUT2D eigenvalue weighted by molar-refractivity contribution is 5.97. The number of hydrogen-bond donors (Lipinski definition) is 1. The summed E-state index contributed by atoms with van der Waals surface area (Å²) >= 11 is 0. The summed E-state index contributed by atoms with van der Waals surface area (Å²) in [6.07, 6.45) is 0.713. The van der Waals surface area contributed by atoms with E-state index in [1.54, 1.807) is 0 Å². The van der Waals surface area contributed by atoms with Gasteiger partial charge in [0.25, 0.3) is 0 Å². The summed E-state index contributed by atoms with van der Waals surface area (Å²) in [5, 5.41) is 7.09. The number of H-pyrrole nitrogens is 1. The van der Waals surface area contributed by atoms with Gasteiger partial charge in [-0.15, -0.1) is 0 Å². The fourth-order valence-electron chi connectivity index (χ4n) is 1.76. The fourth-order valence-corrected chi connectivity index (χ4v) is 1.76. The van der Waals surface area contributed by atoms with Crippen molar-refractivity contribution in [2.24, 2.45) is 0 Å². The van der Waals surface area contributed by atoms with Gasteiger partial charge in [-0.05, 0) is 6.42 Å². The maximum absolute atomic E-state index is 11.8. The molecule has 0 spiro atoms. The number of nitrogens with one attached hydrogen (secondary N) is 1. The average molecular weight is 230 g/mol. The molecule has 1 aromatic heterocycles. The van der Waals surface area contributed by atoms with Crippen LogP contribution in [0.2, 0.25) is 0 Å². The quantitative estimate of drug-likeness (QED) is 0.824. The van der Waals surface area contributed by atoms with E-state index in [1.807, 2.05) is 37.3 Å². The first-order valence-corrected chi connectivity index (χ1v) is 5.49. The lowest BCUT2D eigenvalue weighted by molar-refractivity contribution is 0.0600. The van der Waals surface area contributed by atoms with Gasteiger partial charge in [-0.1, -0.05) is 37.3 Å². The maximum atomic E-state index is 11.8. The van der Waals surface area contributed by atoms with Crippen molar-refractivity contribution in [1.29, 1.82) is 0 Å². The van der Waals surface area contributed by atoms with Gasteiger partial charge in [0.1, 0.15) is 11.3 Å². The van der Waals surface area contributed by atoms with Gasteiger partial charge in [-0.25, -0.2) is 4.79 Å². The normalized spacial score (nSPS) is 10.2. The van der Waals surface area contributed by atoms with Gasteiger partial charge >= 0.3 is 5.97 Å². The molecule has 1 heterocycles. The molecule has 0 aliphatic rings. The highest BCUT2D eigenvalue weighted by Crippen LogP contribution is 2.24. The molecule has 0 amide bonds. The van der Waals surface area contributed by atoms with E-state index in [4.69, 9.17) is 4.74 Å². The Labute approximate surface area is 99.6 Å². The molecular weight excluding hydrogens is 216 g/mol. The zero-order chi connectivity index (χ0) is 12.3. The summed E-state index contributed by atoms with van der Waals surface area (Å²) in [5.74, 6) is -0.352. The van der Waals surface area contributed by atoms with Gasteiger partial charge in [0.05, 0.1) is 12.8 Å². The Morgan fingerprint density at radius 3 is 2.65 bits per heavy atom. The van der Waals surface area contributed by atoms with Crippen LogP contribution in [0.25, 0.3) is 11.3 Å². The molecular formula is C13H14N2O2. The Morgan fingerprint density at radius 1 is 1.35 bits per heavy atom. The van der Waals surface area contributed by atoms with E-state index in [2.05, 4.69) is 10.2 Å². The van der Waals surface area contributed by atoms with Crippen LogP contribution in [0.4, 0.5) is 0 Å². The van der Waals surface area contributed by atoms with Crippen molar-refractivity contribution in [3.8, 4) is 11.3 Å². The van der Waals surface area contributed by atoms with E-state index in [1.165, 1.54) is 7.11 Å². The van der Waals surface area contributed by atoms with Crippen molar-refractivity contribution in [3.63, 3.8) is 0 Å². The van der Waals surface area contributed by atoms with Gasteiger partial charge in [0, 0.05) is 5.56 Å². The van der Waals surface area contributed by atoms with E-state index in [0.717, 1.165) is 11.3 Å². The molecule has 0 saturated heterocycles. The van der Waals surface area contributed by atoms with Crippen molar-refractivity contribution in [3.05, 3.63) is 41.6 Å². The van der Waals surface area contributed by atoms with Crippen LogP contribution in [0.1, 0.15) is 23.0 Å². The largest absolute Gasteiger partial charge is 0.465 e. The van der Waals surface area contributed by atoms with Gasteiger partial charge in [-0.2, -0.15) is 5.10 Å². The fraction of sp³-hybridized carbons (Fsp3) is 0.231. The first-order valence-electron chi connectivity index (χ1n) is 5.49. The number of rotatable bonds is 3. The molecule has 17 heavy (non-hydrogen) atoms. The molecule has 1 N–H and O–H groups in total. The number of esters is 1. The van der Waals surface area contributed by atoms with Crippen LogP contribution in [-0.4, -0.2) is 23.3 Å². The molecule has 0 saturated carbocycles. The SMILES string of the molecule is CCc1[nH]nc(-c2ccccc2)c1C(=O)OC. The minimum absolute atomic E-state index is 0.352. The third-order valence-electron chi connectivity index (χ3n) is 2.63. The standard InChI is InChI=1S/C13H14N2O2/c1-3-10-11(13(16)17-2)12(15-14-10)9-7-5-4-6-8-9/h4-8H,3H2,1-2H3,(H,14,15). The Bertz CT molecular complexity index is 517. The molecule has 0 bridgehead atoms. The first kappa shape index (κ1) is 11.4. The van der Waals surface area contributed by atoms with Gasteiger partial charge in [0.15, 0.2) is 0 Å². The second-order valence-corrected chi connectivity index (χ2v) is 3.64. The molecule has 4 nitrogen and oxygen atoms in total. The van der Waals surface area contributed by atoms with Crippen LogP contribution < -0.4 is 0 Å². The molecule has 2 rings (SSSR count). The topological polar surface area (TPSA) is 55.0 Å². The van der Waals surface area contributed by atoms with Crippen LogP contribution >= 0.6 is 0 Å². The molecule has 2 aromatic rings. The summed E-state index contributed by atoms with van der Waals surface area (Å²) in [4.78, 5) is 11.8. The summed E-state index contributed by atoms with van der Waals surface area (Å²) in [6, 6.07) is 9.59. The third-order valence-corrected chi connectivity index (χ3v) is 2.63. The monoisotopic (exact) mass is 230 g/mol. The second kappa shape index (κ2) is 4.82. The number of aromatic nitrogens is 2. The van der Waals surface area contributed by atoms with Crippen LogP contribution in [0, 0.1) is 0 Å². The summed E-state index contributed by atoms with van der Waals surface area (Å²) in [7, 11) is 1.38. The van der Waals surface area contributed by atoms with E-state index in [9.17, 15) is 4.79 Å². The van der Waals surface area contributed by atoms with E-state index in [-0.39, 0.29) is 5.97 Å². The van der Waals surface area contributed by atoms with Crippen LogP contribution in [-0.2, 0) is 11.2 Å². The number of nitrogens with zero attached hydrogens (tertiary/aromatic N) is 1. The Balaban J connectivity index is 2.55. The molecule has 0 atom stereocenters. The molecule has 88 valence electrons. The lowest BCUT2D eigenvalue weighted by atomic mass is 10.1. The van der Waals surface area contributed by atoms with E-state index < -0.39 is 0 Å². The number of carbonyl (C=O) groups is 1. The Morgan fingerprint density at radius 2 is 2.06 bits per heavy atom. The zero-order valence-corrected chi connectivity index (χ0v) is 9.86. The van der Waals surface area contributed by atoms with Crippen molar-refractivity contribution < 1.29 is 9.53 Å². The predicted octanol–water partition coefficient (Wildman–Crippen LogP) is 2.43. The molecule has 0 aliphatic carbocycles.